The molecule has 6 heteroatoms. The average molecular weight is 252 g/mol. The molecule has 0 aliphatic carbocycles. The van der Waals surface area contributed by atoms with E-state index in [0.29, 0.717) is 11.5 Å². The molecule has 0 amide bonds. The fraction of sp³-hybridized carbons (Fsp3) is 0.625. The summed E-state index contributed by atoms with van der Waals surface area (Å²) in [5.74, 6) is 1.02. The van der Waals surface area contributed by atoms with E-state index in [1.807, 2.05) is 31.8 Å². The van der Waals surface area contributed by atoms with Crippen molar-refractivity contribution >= 4 is 39.6 Å². The molecule has 0 aromatic carbocycles. The van der Waals surface area contributed by atoms with Gasteiger partial charge in [0.05, 0.1) is 0 Å². The molecule has 80 valence electrons. The molecule has 0 aromatic rings. The topological polar surface area (TPSA) is 47.9 Å². The zero-order valence-electron chi connectivity index (χ0n) is 8.13. The Hall–Kier alpha value is 0.320. The maximum Gasteiger partial charge on any atom is 0.159 e. The first-order valence-corrected chi connectivity index (χ1v) is 6.54. The van der Waals surface area contributed by atoms with Crippen LogP contribution >= 0.6 is 35.1 Å². The SMILES string of the molecule is C/C=C(\SC(=N)Cl)C1CSC(NC)N1. The standard InChI is InChI=1S/C8H14ClN3S2/c1-3-6(14-7(9)10)5-4-13-8(11-2)12-5/h3,5,8,10-12H,4H2,1-2H3/b6-3-,10-7?. The van der Waals surface area contributed by atoms with E-state index in [2.05, 4.69) is 10.6 Å². The molecule has 1 heterocycles. The van der Waals surface area contributed by atoms with Gasteiger partial charge >= 0.3 is 0 Å². The summed E-state index contributed by atoms with van der Waals surface area (Å²) in [6.45, 7) is 1.97. The summed E-state index contributed by atoms with van der Waals surface area (Å²) < 4.78 is 0.123. The van der Waals surface area contributed by atoms with E-state index in [1.165, 1.54) is 11.8 Å². The van der Waals surface area contributed by atoms with Gasteiger partial charge in [-0.2, -0.15) is 0 Å². The lowest BCUT2D eigenvalue weighted by Gasteiger charge is -2.14. The molecule has 0 aromatic heterocycles. The van der Waals surface area contributed by atoms with Gasteiger partial charge in [0.25, 0.3) is 0 Å². The molecule has 0 radical (unpaired) electrons. The zero-order valence-corrected chi connectivity index (χ0v) is 10.5. The number of halogens is 1. The molecule has 3 nitrogen and oxygen atoms in total. The van der Waals surface area contributed by atoms with Gasteiger partial charge in [-0.25, -0.2) is 0 Å². The highest BCUT2D eigenvalue weighted by molar-refractivity contribution is 8.19. The van der Waals surface area contributed by atoms with Crippen LogP contribution in [-0.4, -0.2) is 28.8 Å². The maximum atomic E-state index is 7.22. The molecule has 1 aliphatic rings. The molecule has 1 rings (SSSR count). The normalized spacial score (nSPS) is 28.1. The molecular weight excluding hydrogens is 238 g/mol. The molecule has 3 N–H and O–H groups in total. The molecule has 1 aliphatic heterocycles. The highest BCUT2D eigenvalue weighted by Crippen LogP contribution is 2.29. The third-order valence-corrected chi connectivity index (χ3v) is 4.28. The van der Waals surface area contributed by atoms with Crippen molar-refractivity contribution in [3.05, 3.63) is 11.0 Å². The maximum absolute atomic E-state index is 7.22. The Morgan fingerprint density at radius 2 is 2.50 bits per heavy atom. The van der Waals surface area contributed by atoms with Crippen LogP contribution in [0.4, 0.5) is 0 Å². The van der Waals surface area contributed by atoms with Crippen LogP contribution < -0.4 is 10.6 Å². The van der Waals surface area contributed by atoms with Gasteiger partial charge in [0.1, 0.15) is 5.50 Å². The van der Waals surface area contributed by atoms with Gasteiger partial charge in [-0.15, -0.1) is 11.8 Å². The number of thioether (sulfide) groups is 2. The Kier molecular flexibility index (Phi) is 5.33. The van der Waals surface area contributed by atoms with Crippen LogP contribution in [0, 0.1) is 5.41 Å². The van der Waals surface area contributed by atoms with E-state index >= 15 is 0 Å². The molecule has 0 saturated carbocycles. The number of nitrogens with one attached hydrogen (secondary N) is 3. The van der Waals surface area contributed by atoms with Gasteiger partial charge in [-0.05, 0) is 14.0 Å². The fourth-order valence-corrected chi connectivity index (χ4v) is 3.32. The van der Waals surface area contributed by atoms with E-state index < -0.39 is 0 Å². The molecule has 14 heavy (non-hydrogen) atoms. The van der Waals surface area contributed by atoms with Crippen molar-refractivity contribution in [2.75, 3.05) is 12.8 Å². The number of rotatable bonds is 3. The lowest BCUT2D eigenvalue weighted by Crippen LogP contribution is -2.38. The predicted molar refractivity (Wildman–Crippen MR) is 67.2 cm³/mol. The lowest BCUT2D eigenvalue weighted by atomic mass is 10.3. The van der Waals surface area contributed by atoms with Crippen molar-refractivity contribution in [3.8, 4) is 0 Å². The smallest absolute Gasteiger partial charge is 0.159 e. The van der Waals surface area contributed by atoms with Crippen LogP contribution in [0.1, 0.15) is 6.92 Å². The lowest BCUT2D eigenvalue weighted by molar-refractivity contribution is 0.582. The van der Waals surface area contributed by atoms with E-state index in [9.17, 15) is 0 Å². The van der Waals surface area contributed by atoms with Crippen molar-refractivity contribution in [1.29, 1.82) is 5.41 Å². The molecule has 1 fully saturated rings. The number of allylic oxidation sites excluding steroid dienone is 1. The van der Waals surface area contributed by atoms with Crippen molar-refractivity contribution in [1.82, 2.24) is 10.6 Å². The summed E-state index contributed by atoms with van der Waals surface area (Å²) in [5.41, 5.74) is 0.306. The Balaban J connectivity index is 2.51. The van der Waals surface area contributed by atoms with E-state index in [0.717, 1.165) is 10.7 Å². The third kappa shape index (κ3) is 3.47. The van der Waals surface area contributed by atoms with Crippen LogP contribution in [0.5, 0.6) is 0 Å². The van der Waals surface area contributed by atoms with Crippen LogP contribution in [0.25, 0.3) is 0 Å². The van der Waals surface area contributed by atoms with E-state index in [1.54, 1.807) is 0 Å². The van der Waals surface area contributed by atoms with Crippen molar-refractivity contribution in [2.24, 2.45) is 0 Å². The highest BCUT2D eigenvalue weighted by Gasteiger charge is 2.26. The Morgan fingerprint density at radius 3 is 2.93 bits per heavy atom. The molecule has 0 spiro atoms. The minimum atomic E-state index is 0.123. The molecular formula is C8H14ClN3S2. The molecule has 2 atom stereocenters. The monoisotopic (exact) mass is 251 g/mol. The van der Waals surface area contributed by atoms with Crippen LogP contribution in [0.2, 0.25) is 0 Å². The van der Waals surface area contributed by atoms with Gasteiger partial charge in [0, 0.05) is 16.7 Å². The summed E-state index contributed by atoms with van der Waals surface area (Å²) in [7, 11) is 1.93. The first-order valence-electron chi connectivity index (χ1n) is 4.30. The fourth-order valence-electron chi connectivity index (χ4n) is 1.24. The Bertz CT molecular complexity index is 245. The van der Waals surface area contributed by atoms with Gasteiger partial charge in [-0.3, -0.25) is 16.0 Å². The van der Waals surface area contributed by atoms with Crippen molar-refractivity contribution < 1.29 is 0 Å². The molecule has 1 saturated heterocycles. The van der Waals surface area contributed by atoms with Crippen molar-refractivity contribution in [2.45, 2.75) is 18.5 Å². The van der Waals surface area contributed by atoms with Gasteiger partial charge in [0.15, 0.2) is 4.50 Å². The van der Waals surface area contributed by atoms with E-state index in [-0.39, 0.29) is 4.50 Å². The highest BCUT2D eigenvalue weighted by atomic mass is 35.5. The summed E-state index contributed by atoms with van der Waals surface area (Å²) >= 11 is 8.70. The van der Waals surface area contributed by atoms with Crippen LogP contribution in [-0.2, 0) is 0 Å². The second-order valence-corrected chi connectivity index (χ2v) is 5.61. The quantitative estimate of drug-likeness (QED) is 0.531. The third-order valence-electron chi connectivity index (χ3n) is 1.88. The van der Waals surface area contributed by atoms with E-state index in [4.69, 9.17) is 17.0 Å². The van der Waals surface area contributed by atoms with Crippen molar-refractivity contribution in [3.63, 3.8) is 0 Å². The average Bonchev–Trinajstić information content (AvgIpc) is 2.62. The van der Waals surface area contributed by atoms with Crippen LogP contribution in [0.15, 0.2) is 11.0 Å². The zero-order chi connectivity index (χ0) is 10.6. The summed E-state index contributed by atoms with van der Waals surface area (Å²) in [6.07, 6.45) is 2.01. The Labute approximate surface area is 97.9 Å². The van der Waals surface area contributed by atoms with Gasteiger partial charge < -0.3 is 0 Å². The largest absolute Gasteiger partial charge is 0.296 e. The number of hydrogen-bond donors (Lipinski definition) is 3. The second-order valence-electron chi connectivity index (χ2n) is 2.79. The first-order chi connectivity index (χ1) is 6.67. The van der Waals surface area contributed by atoms with Crippen LogP contribution in [0.3, 0.4) is 0 Å². The summed E-state index contributed by atoms with van der Waals surface area (Å²) in [6, 6.07) is 0.312. The summed E-state index contributed by atoms with van der Waals surface area (Å²) in [5, 5.41) is 13.8. The minimum absolute atomic E-state index is 0.123. The number of hydrogen-bond acceptors (Lipinski definition) is 5. The summed E-state index contributed by atoms with van der Waals surface area (Å²) in [4.78, 5) is 1.12. The first kappa shape index (κ1) is 12.4. The molecule has 0 bridgehead atoms. The van der Waals surface area contributed by atoms with Gasteiger partial charge in [0.2, 0.25) is 0 Å². The minimum Gasteiger partial charge on any atom is -0.296 e. The predicted octanol–water partition coefficient (Wildman–Crippen LogP) is 2.00. The Morgan fingerprint density at radius 1 is 1.79 bits per heavy atom. The second kappa shape index (κ2) is 6.02. The van der Waals surface area contributed by atoms with Gasteiger partial charge in [-0.1, -0.05) is 29.4 Å². The molecule has 2 unspecified atom stereocenters.